The Labute approximate surface area is 243 Å². The molecule has 2 rings (SSSR count). The van der Waals surface area contributed by atoms with Crippen LogP contribution in [-0.2, 0) is 32.4 Å². The lowest BCUT2D eigenvalue weighted by Gasteiger charge is -2.23. The van der Waals surface area contributed by atoms with Gasteiger partial charge in [0.05, 0.1) is 32.0 Å². The summed E-state index contributed by atoms with van der Waals surface area (Å²) in [5.41, 5.74) is -4.99. The quantitative estimate of drug-likeness (QED) is 0.308. The maximum atomic E-state index is 13.7. The van der Waals surface area contributed by atoms with Crippen LogP contribution in [0, 0.1) is 11.6 Å². The van der Waals surface area contributed by atoms with Crippen molar-refractivity contribution >= 4 is 63.3 Å². The molecule has 0 spiro atoms. The summed E-state index contributed by atoms with van der Waals surface area (Å²) in [5, 5.41) is 0. The van der Waals surface area contributed by atoms with E-state index in [-0.39, 0.29) is 8.95 Å². The molecule has 0 heterocycles. The summed E-state index contributed by atoms with van der Waals surface area (Å²) in [6.45, 7) is 7.75. The van der Waals surface area contributed by atoms with Crippen molar-refractivity contribution in [3.8, 4) is 0 Å². The zero-order chi connectivity index (χ0) is 31.9. The maximum Gasteiger partial charge on any atom is 0.418 e. The zero-order valence-electron chi connectivity index (χ0n) is 21.5. The molecular weight excluding hydrogens is 732 g/mol. The lowest BCUT2D eigenvalue weighted by molar-refractivity contribution is -0.137. The van der Waals surface area contributed by atoms with E-state index in [0.717, 1.165) is 12.1 Å². The zero-order valence-corrected chi connectivity index (χ0v) is 26.3. The van der Waals surface area contributed by atoms with Gasteiger partial charge in [-0.1, -0.05) is 31.9 Å². The van der Waals surface area contributed by atoms with Crippen LogP contribution in [0.25, 0.3) is 0 Å². The summed E-state index contributed by atoms with van der Waals surface area (Å²) in [7, 11) is -8.35. The second-order valence-electron chi connectivity index (χ2n) is 10.1. The van der Waals surface area contributed by atoms with Gasteiger partial charge in [-0.2, -0.15) is 26.3 Å². The number of halogens is 10. The Balaban J connectivity index is 0.000000400. The van der Waals surface area contributed by atoms with Crippen molar-refractivity contribution in [1.29, 1.82) is 0 Å². The van der Waals surface area contributed by atoms with Crippen molar-refractivity contribution in [3.05, 3.63) is 56.0 Å². The smallest absolute Gasteiger partial charge is 0.280 e. The van der Waals surface area contributed by atoms with Crippen LogP contribution in [0.5, 0.6) is 0 Å². The van der Waals surface area contributed by atoms with E-state index in [1.165, 1.54) is 41.5 Å². The van der Waals surface area contributed by atoms with Gasteiger partial charge in [-0.05, 0) is 65.8 Å². The first-order valence-electron chi connectivity index (χ1n) is 10.7. The van der Waals surface area contributed by atoms with Gasteiger partial charge in [0.2, 0.25) is 20.0 Å². The number of benzene rings is 2. The number of sulfonamides is 2. The van der Waals surface area contributed by atoms with Gasteiger partial charge in [0.15, 0.2) is 0 Å². The van der Waals surface area contributed by atoms with Gasteiger partial charge in [-0.3, -0.25) is 9.44 Å². The van der Waals surface area contributed by atoms with Gasteiger partial charge in [-0.15, -0.1) is 0 Å². The lowest BCUT2D eigenvalue weighted by Crippen LogP contribution is -2.34. The Hall–Kier alpha value is -1.66. The highest BCUT2D eigenvalue weighted by molar-refractivity contribution is 9.10. The number of alkyl halides is 6. The van der Waals surface area contributed by atoms with Crippen molar-refractivity contribution in [2.75, 3.05) is 9.44 Å². The summed E-state index contributed by atoms with van der Waals surface area (Å²) in [6.07, 6.45) is -9.78. The minimum atomic E-state index is -4.89. The van der Waals surface area contributed by atoms with Gasteiger partial charge < -0.3 is 0 Å². The normalized spacial score (nSPS) is 13.4. The molecule has 0 radical (unpaired) electrons. The van der Waals surface area contributed by atoms with Crippen LogP contribution < -0.4 is 9.44 Å². The molecule has 0 amide bonds. The fourth-order valence-corrected chi connectivity index (χ4v) is 4.80. The van der Waals surface area contributed by atoms with Crippen LogP contribution in [0.15, 0.2) is 33.2 Å². The molecule has 0 saturated carbocycles. The number of anilines is 2. The molecule has 2 aromatic carbocycles. The third-order valence-electron chi connectivity index (χ3n) is 4.81. The molecule has 0 atom stereocenters. The first kappa shape index (κ1) is 36.4. The Morgan fingerprint density at radius 2 is 0.825 bits per heavy atom. The van der Waals surface area contributed by atoms with E-state index in [4.69, 9.17) is 0 Å². The molecule has 40 heavy (non-hydrogen) atoms. The standard InChI is InChI=1S/2C11H12BrF4NO2S/c2*1-10(2,3)20(18,19)17-9-7(11(14,15)16)4-6(12)5-8(9)13/h2*4-5,17H,1-3H3. The van der Waals surface area contributed by atoms with Crippen LogP contribution in [0.2, 0.25) is 0 Å². The maximum absolute atomic E-state index is 13.7. The van der Waals surface area contributed by atoms with E-state index in [1.54, 1.807) is 9.44 Å². The molecule has 228 valence electrons. The number of hydrogen-bond donors (Lipinski definition) is 2. The van der Waals surface area contributed by atoms with Gasteiger partial charge in [0, 0.05) is 8.95 Å². The molecule has 0 aliphatic rings. The monoisotopic (exact) mass is 754 g/mol. The third kappa shape index (κ3) is 9.17. The second-order valence-corrected chi connectivity index (χ2v) is 16.8. The third-order valence-corrected chi connectivity index (χ3v) is 9.89. The second kappa shape index (κ2) is 11.9. The molecule has 18 heteroatoms. The van der Waals surface area contributed by atoms with Gasteiger partial charge in [-0.25, -0.2) is 25.6 Å². The summed E-state index contributed by atoms with van der Waals surface area (Å²) < 4.78 is 152. The molecule has 6 nitrogen and oxygen atoms in total. The molecule has 0 aromatic heterocycles. The SMILES string of the molecule is CC(C)(C)S(=O)(=O)Nc1c(F)cc(Br)cc1C(F)(F)F.CC(C)(C)S(=O)(=O)Nc1c(F)cc(Br)cc1C(F)(F)F. The average Bonchev–Trinajstić information content (AvgIpc) is 2.68. The fraction of sp³-hybridized carbons (Fsp3) is 0.455. The summed E-state index contributed by atoms with van der Waals surface area (Å²) in [5.74, 6) is -2.61. The number of nitrogens with one attached hydrogen (secondary N) is 2. The molecule has 0 aliphatic heterocycles. The van der Waals surface area contributed by atoms with Crippen LogP contribution in [0.4, 0.5) is 46.5 Å². The van der Waals surface area contributed by atoms with Crippen molar-refractivity contribution < 1.29 is 52.0 Å². The van der Waals surface area contributed by atoms with Crippen LogP contribution >= 0.6 is 31.9 Å². The van der Waals surface area contributed by atoms with Crippen molar-refractivity contribution in [2.24, 2.45) is 0 Å². The van der Waals surface area contributed by atoms with E-state index in [2.05, 4.69) is 31.9 Å². The van der Waals surface area contributed by atoms with E-state index in [1.807, 2.05) is 0 Å². The van der Waals surface area contributed by atoms with Crippen molar-refractivity contribution in [1.82, 2.24) is 0 Å². The largest absolute Gasteiger partial charge is 0.418 e. The summed E-state index contributed by atoms with van der Waals surface area (Å²) in [6, 6.07) is 2.75. The van der Waals surface area contributed by atoms with Crippen molar-refractivity contribution in [3.63, 3.8) is 0 Å². The van der Waals surface area contributed by atoms with Crippen LogP contribution in [0.3, 0.4) is 0 Å². The highest BCUT2D eigenvalue weighted by Crippen LogP contribution is 2.40. The Morgan fingerprint density at radius 3 is 1.02 bits per heavy atom. The topological polar surface area (TPSA) is 92.3 Å². The Morgan fingerprint density at radius 1 is 0.575 bits per heavy atom. The first-order chi connectivity index (χ1) is 17.5. The molecule has 0 bridgehead atoms. The molecule has 0 unspecified atom stereocenters. The minimum absolute atomic E-state index is 0.138. The highest BCUT2D eigenvalue weighted by atomic mass is 79.9. The van der Waals surface area contributed by atoms with E-state index < -0.39 is 76.0 Å². The fourth-order valence-electron chi connectivity index (χ4n) is 2.38. The minimum Gasteiger partial charge on any atom is -0.280 e. The molecule has 0 saturated heterocycles. The molecule has 0 aliphatic carbocycles. The van der Waals surface area contributed by atoms with E-state index in [9.17, 15) is 52.0 Å². The molecule has 2 N–H and O–H groups in total. The van der Waals surface area contributed by atoms with E-state index in [0.29, 0.717) is 12.1 Å². The number of rotatable bonds is 4. The predicted molar refractivity (Wildman–Crippen MR) is 143 cm³/mol. The van der Waals surface area contributed by atoms with Gasteiger partial charge in [0.25, 0.3) is 0 Å². The van der Waals surface area contributed by atoms with Crippen LogP contribution in [-0.4, -0.2) is 26.3 Å². The summed E-state index contributed by atoms with van der Waals surface area (Å²) >= 11 is 5.48. The lowest BCUT2D eigenvalue weighted by atomic mass is 10.1. The predicted octanol–water partition coefficient (Wildman–Crippen LogP) is 8.29. The average molecular weight is 756 g/mol. The molecule has 2 aromatic rings. The Kier molecular flexibility index (Phi) is 10.8. The van der Waals surface area contributed by atoms with Crippen LogP contribution in [0.1, 0.15) is 52.7 Å². The number of hydrogen-bond acceptors (Lipinski definition) is 4. The molecular formula is C22H24Br2F8N2O4S2. The summed E-state index contributed by atoms with van der Waals surface area (Å²) in [4.78, 5) is 0. The van der Waals surface area contributed by atoms with Crippen molar-refractivity contribution in [2.45, 2.75) is 63.4 Å². The van der Waals surface area contributed by atoms with Gasteiger partial charge in [0.1, 0.15) is 11.6 Å². The first-order valence-corrected chi connectivity index (χ1v) is 15.2. The Bertz CT molecular complexity index is 1350. The highest BCUT2D eigenvalue weighted by Gasteiger charge is 2.40. The molecule has 0 fully saturated rings. The van der Waals surface area contributed by atoms with Gasteiger partial charge >= 0.3 is 12.4 Å². The van der Waals surface area contributed by atoms with E-state index >= 15 is 0 Å².